The minimum atomic E-state index is 0.0913. The summed E-state index contributed by atoms with van der Waals surface area (Å²) in [5.41, 5.74) is 7.47. The SMILES string of the molecule is BrC1=CC=C(Br)C2Pc3c(c4nc5c(Br)ccc(Br)c5nc4c4nc5c(Br)ccc(Br)c5nc34)NC12. The van der Waals surface area contributed by atoms with Crippen molar-refractivity contribution in [2.75, 3.05) is 5.32 Å². The molecular formula is C24H10Br6N5P. The number of aromatic nitrogens is 4. The van der Waals surface area contributed by atoms with Crippen molar-refractivity contribution in [2.24, 2.45) is 0 Å². The molecule has 36 heavy (non-hydrogen) atoms. The number of hydrogen-bond acceptors (Lipinski definition) is 5. The summed E-state index contributed by atoms with van der Waals surface area (Å²) in [7, 11) is 0.456. The van der Waals surface area contributed by atoms with Crippen molar-refractivity contribution in [1.82, 2.24) is 19.9 Å². The summed E-state index contributed by atoms with van der Waals surface area (Å²) in [6.07, 6.45) is 4.21. The molecule has 178 valence electrons. The van der Waals surface area contributed by atoms with Crippen molar-refractivity contribution in [2.45, 2.75) is 11.7 Å². The highest BCUT2D eigenvalue weighted by atomic mass is 79.9. The van der Waals surface area contributed by atoms with Crippen molar-refractivity contribution in [3.63, 3.8) is 0 Å². The molecule has 5 nitrogen and oxygen atoms in total. The third kappa shape index (κ3) is 3.63. The summed E-state index contributed by atoms with van der Waals surface area (Å²) in [6, 6.07) is 8.01. The lowest BCUT2D eigenvalue weighted by Gasteiger charge is -2.37. The van der Waals surface area contributed by atoms with E-state index in [-0.39, 0.29) is 11.7 Å². The van der Waals surface area contributed by atoms with E-state index in [9.17, 15) is 0 Å². The highest BCUT2D eigenvalue weighted by molar-refractivity contribution is 9.12. The smallest absolute Gasteiger partial charge is 0.120 e. The number of anilines is 1. The number of hydrogen-bond donors (Lipinski definition) is 1. The molecule has 1 aliphatic heterocycles. The van der Waals surface area contributed by atoms with E-state index in [1.807, 2.05) is 24.3 Å². The van der Waals surface area contributed by atoms with Crippen LogP contribution in [0.15, 0.2) is 63.3 Å². The number of rotatable bonds is 0. The fraction of sp³-hybridized carbons (Fsp3) is 0.0833. The van der Waals surface area contributed by atoms with Gasteiger partial charge in [0.15, 0.2) is 0 Å². The van der Waals surface area contributed by atoms with E-state index >= 15 is 0 Å². The van der Waals surface area contributed by atoms with Crippen LogP contribution in [0.3, 0.4) is 0 Å². The molecule has 3 unspecified atom stereocenters. The Bertz CT molecular complexity index is 1750. The van der Waals surface area contributed by atoms with Crippen LogP contribution in [0.4, 0.5) is 5.69 Å². The lowest BCUT2D eigenvalue weighted by Crippen LogP contribution is -2.39. The predicted molar refractivity (Wildman–Crippen MR) is 172 cm³/mol. The quantitative estimate of drug-likeness (QED) is 0.0957. The first-order valence-electron chi connectivity index (χ1n) is 10.6. The molecule has 1 aliphatic carbocycles. The molecule has 2 aliphatic rings. The summed E-state index contributed by atoms with van der Waals surface area (Å²) >= 11 is 22.3. The topological polar surface area (TPSA) is 63.6 Å². The van der Waals surface area contributed by atoms with Gasteiger partial charge in [0.25, 0.3) is 0 Å². The van der Waals surface area contributed by atoms with Gasteiger partial charge < -0.3 is 5.32 Å². The third-order valence-electron chi connectivity index (χ3n) is 6.33. The number of halogens is 6. The number of nitrogens with one attached hydrogen (secondary N) is 1. The van der Waals surface area contributed by atoms with Crippen molar-refractivity contribution in [3.8, 4) is 0 Å². The standard InChI is InChI=1S/C24H10Br6N5P/c25-7-1-2-8(26)14-13(7)31-18-19-21(34-16-10(28)4-3-9(27)15(16)33-19)24-22(20(18)32-14)35-17-11(29)5-6-12(30)23(17)36-24/h1-6,17,23,35-36H. The Balaban J connectivity index is 1.68. The highest BCUT2D eigenvalue weighted by Gasteiger charge is 2.37. The van der Waals surface area contributed by atoms with E-state index < -0.39 is 0 Å². The van der Waals surface area contributed by atoms with Crippen molar-refractivity contribution >= 4 is 159 Å². The second-order valence-electron chi connectivity index (χ2n) is 8.39. The summed E-state index contributed by atoms with van der Waals surface area (Å²) in [5.74, 6) is 0. The van der Waals surface area contributed by atoms with E-state index in [0.29, 0.717) is 8.58 Å². The number of nitrogens with zero attached hydrogens (tertiary/aromatic N) is 4. The van der Waals surface area contributed by atoms with Gasteiger partial charge >= 0.3 is 0 Å². The van der Waals surface area contributed by atoms with Crippen LogP contribution in [0.2, 0.25) is 0 Å². The zero-order valence-corrected chi connectivity index (χ0v) is 28.2. The Hall–Kier alpha value is -0.550. The van der Waals surface area contributed by atoms with Crippen molar-refractivity contribution in [1.29, 1.82) is 0 Å². The van der Waals surface area contributed by atoms with Crippen LogP contribution >= 0.6 is 104 Å². The Morgan fingerprint density at radius 2 is 1.00 bits per heavy atom. The third-order valence-corrected chi connectivity index (χ3v) is 12.6. The molecule has 0 saturated carbocycles. The van der Waals surface area contributed by atoms with E-state index in [2.05, 4.69) is 113 Å². The van der Waals surface area contributed by atoms with Crippen LogP contribution in [-0.4, -0.2) is 31.6 Å². The first-order valence-corrected chi connectivity index (χ1v) is 16.5. The molecular weight excluding hydrogens is 869 g/mol. The van der Waals surface area contributed by atoms with Gasteiger partial charge in [0, 0.05) is 37.8 Å². The molecule has 3 aromatic carbocycles. The van der Waals surface area contributed by atoms with Crippen molar-refractivity contribution in [3.05, 3.63) is 63.3 Å². The van der Waals surface area contributed by atoms with Crippen LogP contribution in [-0.2, 0) is 0 Å². The Morgan fingerprint density at radius 1 is 0.556 bits per heavy atom. The Kier molecular flexibility index (Phi) is 6.12. The van der Waals surface area contributed by atoms with Crippen LogP contribution in [0.25, 0.3) is 44.1 Å². The molecule has 7 rings (SSSR count). The van der Waals surface area contributed by atoms with Gasteiger partial charge in [0.05, 0.1) is 11.7 Å². The fourth-order valence-corrected chi connectivity index (χ4v) is 9.39. The van der Waals surface area contributed by atoms with E-state index in [4.69, 9.17) is 19.9 Å². The van der Waals surface area contributed by atoms with Crippen molar-refractivity contribution < 1.29 is 0 Å². The average Bonchev–Trinajstić information content (AvgIpc) is 2.89. The molecule has 0 saturated heterocycles. The molecule has 0 spiro atoms. The lowest BCUT2D eigenvalue weighted by atomic mass is 10.1. The monoisotopic (exact) mass is 873 g/mol. The molecule has 2 aromatic heterocycles. The van der Waals surface area contributed by atoms with Gasteiger partial charge in [-0.05, 0) is 94.1 Å². The van der Waals surface area contributed by atoms with Crippen LogP contribution in [0.1, 0.15) is 0 Å². The van der Waals surface area contributed by atoms with Gasteiger partial charge in [0.1, 0.15) is 44.1 Å². The zero-order chi connectivity index (χ0) is 24.9. The minimum Gasteiger partial charge on any atom is -0.374 e. The number of allylic oxidation sites excluding steroid dienone is 2. The normalized spacial score (nSPS) is 19.9. The Morgan fingerprint density at radius 3 is 1.56 bits per heavy atom. The molecule has 0 bridgehead atoms. The zero-order valence-electron chi connectivity index (χ0n) is 17.7. The van der Waals surface area contributed by atoms with E-state index in [1.165, 1.54) is 0 Å². The van der Waals surface area contributed by atoms with Gasteiger partial charge in [-0.3, -0.25) is 0 Å². The van der Waals surface area contributed by atoms with Gasteiger partial charge in [-0.1, -0.05) is 46.5 Å². The summed E-state index contributed by atoms with van der Waals surface area (Å²) in [4.78, 5) is 20.6. The Labute approximate surface area is 257 Å². The summed E-state index contributed by atoms with van der Waals surface area (Å²) in [6.45, 7) is 0. The van der Waals surface area contributed by atoms with Crippen LogP contribution < -0.4 is 10.6 Å². The number of benzene rings is 3. The number of fused-ring (bicyclic) bond motifs is 9. The molecule has 12 heteroatoms. The highest BCUT2D eigenvalue weighted by Crippen LogP contribution is 2.48. The maximum Gasteiger partial charge on any atom is 0.120 e. The fourth-order valence-electron chi connectivity index (χ4n) is 4.64. The molecule has 1 N–H and O–H groups in total. The molecule has 0 radical (unpaired) electrons. The summed E-state index contributed by atoms with van der Waals surface area (Å²) < 4.78 is 5.81. The second kappa shape index (κ2) is 9.00. The molecule has 0 amide bonds. The predicted octanol–water partition coefficient (Wildman–Crippen LogP) is 8.97. The molecule has 0 fully saturated rings. The van der Waals surface area contributed by atoms with Gasteiger partial charge in [-0.2, -0.15) is 0 Å². The van der Waals surface area contributed by atoms with Gasteiger partial charge in [0.2, 0.25) is 0 Å². The first-order chi connectivity index (χ1) is 17.3. The first kappa shape index (κ1) is 24.5. The largest absolute Gasteiger partial charge is 0.374 e. The molecule has 3 heterocycles. The molecule has 5 aromatic rings. The van der Waals surface area contributed by atoms with Crippen LogP contribution in [0, 0.1) is 0 Å². The van der Waals surface area contributed by atoms with Crippen LogP contribution in [0.5, 0.6) is 0 Å². The average molecular weight is 879 g/mol. The van der Waals surface area contributed by atoms with E-state index in [0.717, 1.165) is 82.0 Å². The van der Waals surface area contributed by atoms with E-state index in [1.54, 1.807) is 0 Å². The second-order valence-corrected chi connectivity index (χ2v) is 15.1. The molecule has 3 atom stereocenters. The lowest BCUT2D eigenvalue weighted by molar-refractivity contribution is 0.876. The summed E-state index contributed by atoms with van der Waals surface area (Å²) in [5, 5.41) is 4.91. The minimum absolute atomic E-state index is 0.0913. The van der Waals surface area contributed by atoms with Gasteiger partial charge in [-0.15, -0.1) is 0 Å². The van der Waals surface area contributed by atoms with Gasteiger partial charge in [-0.25, -0.2) is 19.9 Å². The maximum atomic E-state index is 5.18. The maximum absolute atomic E-state index is 5.18.